The summed E-state index contributed by atoms with van der Waals surface area (Å²) in [4.78, 5) is 56.5. The Bertz CT molecular complexity index is 2330. The molecule has 0 N–H and O–H groups in total. The number of benzene rings is 4. The molecule has 306 valence electrons. The molecule has 4 aromatic carbocycles. The molecule has 0 radical (unpaired) electrons. The zero-order valence-corrected chi connectivity index (χ0v) is 34.9. The number of carbonyl (C=O) groups is 2. The van der Waals surface area contributed by atoms with Gasteiger partial charge in [0.05, 0.1) is 20.4 Å². The first-order valence-electron chi connectivity index (χ1n) is 20.4. The van der Waals surface area contributed by atoms with Crippen molar-refractivity contribution in [2.24, 2.45) is 0 Å². The summed E-state index contributed by atoms with van der Waals surface area (Å²) in [6.07, 6.45) is 2.75. The molecule has 0 spiro atoms. The van der Waals surface area contributed by atoms with Gasteiger partial charge in [0.25, 0.3) is 0 Å². The quantitative estimate of drug-likeness (QED) is 0.0967. The lowest BCUT2D eigenvalue weighted by Gasteiger charge is -2.39. The standard InChI is InChI=1S/C46H44N6O6S2/c1-49-23-19-31(20-24-49)51(41(37-27-29-11-3-7-15-35(29)55-37)43-47-33-13-5-9-17-39(33)59-43)57-45(53)46(54)58-52(32-21-25-50(2)26-22-32)42(38-28-30-12-4-8-16-36(30)56-38)44-48-34-14-6-10-18-40(34)60-44/h3-18,27-28,31-32,41-42H,19-26H2,1-2H3. The van der Waals surface area contributed by atoms with Crippen molar-refractivity contribution in [2.75, 3.05) is 40.3 Å². The van der Waals surface area contributed by atoms with E-state index < -0.39 is 24.0 Å². The number of para-hydroxylation sites is 4. The van der Waals surface area contributed by atoms with Gasteiger partial charge in [-0.3, -0.25) is 0 Å². The SMILES string of the molecule is CN1CCC(N(OC(=O)C(=O)ON(C2CCN(C)CC2)C(c2cc3ccccc3o2)c2nc3ccccc3s2)C(c2cc3ccccc3o2)c2nc3ccccc3s2)CC1. The third-order valence-electron chi connectivity index (χ3n) is 11.7. The van der Waals surface area contributed by atoms with Crippen LogP contribution in [0.5, 0.6) is 0 Å². The molecule has 6 heterocycles. The molecule has 4 aromatic heterocycles. The normalized spacial score (nSPS) is 17.3. The van der Waals surface area contributed by atoms with Crippen LogP contribution in [0.25, 0.3) is 42.4 Å². The van der Waals surface area contributed by atoms with Crippen LogP contribution in [0.4, 0.5) is 0 Å². The number of hydroxylamine groups is 4. The van der Waals surface area contributed by atoms with Crippen molar-refractivity contribution in [3.63, 3.8) is 0 Å². The van der Waals surface area contributed by atoms with E-state index in [0.29, 0.717) is 58.4 Å². The number of likely N-dealkylation sites (tertiary alicyclic amines) is 2. The summed E-state index contributed by atoms with van der Waals surface area (Å²) in [6.45, 7) is 3.12. The van der Waals surface area contributed by atoms with Crippen LogP contribution >= 0.6 is 22.7 Å². The van der Waals surface area contributed by atoms with Crippen LogP contribution in [0.1, 0.15) is 59.3 Å². The number of fused-ring (bicyclic) bond motifs is 4. The van der Waals surface area contributed by atoms with Crippen molar-refractivity contribution in [3.05, 3.63) is 131 Å². The number of nitrogens with zero attached hydrogens (tertiary/aromatic N) is 6. The Kier molecular flexibility index (Phi) is 10.7. The van der Waals surface area contributed by atoms with Gasteiger partial charge < -0.3 is 28.3 Å². The number of piperidine rings is 2. The lowest BCUT2D eigenvalue weighted by molar-refractivity contribution is -0.243. The monoisotopic (exact) mass is 840 g/mol. The average Bonchev–Trinajstić information content (AvgIpc) is 4.08. The van der Waals surface area contributed by atoms with Gasteiger partial charge >= 0.3 is 11.9 Å². The van der Waals surface area contributed by atoms with Crippen LogP contribution in [0.15, 0.2) is 118 Å². The first kappa shape index (κ1) is 38.7. The van der Waals surface area contributed by atoms with Gasteiger partial charge in [0.15, 0.2) is 12.1 Å². The Morgan fingerprint density at radius 1 is 0.600 bits per heavy atom. The smallest absolute Gasteiger partial charge is 0.438 e. The molecule has 14 heteroatoms. The summed E-state index contributed by atoms with van der Waals surface area (Å²) in [5.74, 6) is -1.16. The van der Waals surface area contributed by atoms with Gasteiger partial charge in [0, 0.05) is 22.9 Å². The second kappa shape index (κ2) is 16.5. The Morgan fingerprint density at radius 2 is 0.983 bits per heavy atom. The first-order chi connectivity index (χ1) is 29.3. The molecule has 60 heavy (non-hydrogen) atoms. The third-order valence-corrected chi connectivity index (χ3v) is 13.8. The van der Waals surface area contributed by atoms with Gasteiger partial charge in [0.1, 0.15) is 32.7 Å². The number of hydrogen-bond acceptors (Lipinski definition) is 14. The van der Waals surface area contributed by atoms with Crippen LogP contribution < -0.4 is 0 Å². The van der Waals surface area contributed by atoms with Crippen molar-refractivity contribution in [1.29, 1.82) is 0 Å². The maximum absolute atomic E-state index is 14.6. The molecule has 2 fully saturated rings. The lowest BCUT2D eigenvalue weighted by Crippen LogP contribution is -2.49. The molecule has 2 saturated heterocycles. The Balaban J connectivity index is 1.03. The Morgan fingerprint density at radius 3 is 1.38 bits per heavy atom. The molecule has 0 saturated carbocycles. The minimum Gasteiger partial charge on any atom is -0.459 e. The molecule has 8 aromatic rings. The van der Waals surface area contributed by atoms with E-state index in [1.165, 1.54) is 22.7 Å². The maximum Gasteiger partial charge on any atom is 0.438 e. The zero-order valence-electron chi connectivity index (χ0n) is 33.3. The van der Waals surface area contributed by atoms with Crippen molar-refractivity contribution in [3.8, 4) is 0 Å². The molecule has 2 unspecified atom stereocenters. The fraction of sp³-hybridized carbons (Fsp3) is 0.304. The first-order valence-corrected chi connectivity index (χ1v) is 22.0. The summed E-state index contributed by atoms with van der Waals surface area (Å²) in [7, 11) is 4.16. The minimum atomic E-state index is -1.14. The molecule has 2 aliphatic heterocycles. The number of rotatable bonds is 10. The molecular formula is C46H44N6O6S2. The van der Waals surface area contributed by atoms with Crippen molar-refractivity contribution in [1.82, 2.24) is 29.9 Å². The van der Waals surface area contributed by atoms with Gasteiger partial charge in [-0.05, 0) is 114 Å². The highest BCUT2D eigenvalue weighted by Crippen LogP contribution is 2.42. The van der Waals surface area contributed by atoms with Crippen molar-refractivity contribution in [2.45, 2.75) is 49.9 Å². The second-order valence-electron chi connectivity index (χ2n) is 15.8. The lowest BCUT2D eigenvalue weighted by atomic mass is 10.0. The maximum atomic E-state index is 14.6. The van der Waals surface area contributed by atoms with E-state index in [-0.39, 0.29) is 12.1 Å². The number of hydrogen-bond donors (Lipinski definition) is 0. The Labute approximate surface area is 354 Å². The topological polar surface area (TPSA) is 118 Å². The van der Waals surface area contributed by atoms with Gasteiger partial charge in [-0.25, -0.2) is 19.6 Å². The number of thiazole rings is 2. The third kappa shape index (κ3) is 7.70. The Hall–Kier alpha value is -5.48. The molecule has 0 bridgehead atoms. The number of carbonyl (C=O) groups excluding carboxylic acids is 2. The van der Waals surface area contributed by atoms with Crippen LogP contribution in [0.3, 0.4) is 0 Å². The van der Waals surface area contributed by atoms with Gasteiger partial charge in [-0.15, -0.1) is 32.8 Å². The summed E-state index contributed by atoms with van der Waals surface area (Å²) >= 11 is 3.02. The summed E-state index contributed by atoms with van der Waals surface area (Å²) in [6, 6.07) is 33.4. The van der Waals surface area contributed by atoms with Gasteiger partial charge in [-0.1, -0.05) is 60.7 Å². The van der Waals surface area contributed by atoms with Crippen molar-refractivity contribution < 1.29 is 28.1 Å². The van der Waals surface area contributed by atoms with Crippen LogP contribution in [-0.2, 0) is 19.3 Å². The van der Waals surface area contributed by atoms with Crippen LogP contribution in [0.2, 0.25) is 0 Å². The summed E-state index contributed by atoms with van der Waals surface area (Å²) in [5.41, 5.74) is 3.06. The summed E-state index contributed by atoms with van der Waals surface area (Å²) < 4.78 is 15.0. The zero-order chi connectivity index (χ0) is 40.7. The predicted molar refractivity (Wildman–Crippen MR) is 232 cm³/mol. The molecule has 0 amide bonds. The van der Waals surface area contributed by atoms with Gasteiger partial charge in [-0.2, -0.15) is 0 Å². The number of aromatic nitrogens is 2. The highest BCUT2D eigenvalue weighted by atomic mass is 32.1. The van der Waals surface area contributed by atoms with E-state index in [1.807, 2.05) is 109 Å². The molecule has 12 nitrogen and oxygen atoms in total. The van der Waals surface area contributed by atoms with Crippen LogP contribution in [0, 0.1) is 0 Å². The average molecular weight is 841 g/mol. The highest BCUT2D eigenvalue weighted by Gasteiger charge is 2.43. The molecule has 0 aliphatic carbocycles. The van der Waals surface area contributed by atoms with E-state index in [0.717, 1.165) is 57.4 Å². The van der Waals surface area contributed by atoms with Crippen LogP contribution in [-0.4, -0.2) is 94.2 Å². The van der Waals surface area contributed by atoms with Gasteiger partial charge in [0.2, 0.25) is 0 Å². The van der Waals surface area contributed by atoms with E-state index in [4.69, 9.17) is 28.5 Å². The molecule has 2 atom stereocenters. The van der Waals surface area contributed by atoms with E-state index in [2.05, 4.69) is 23.9 Å². The second-order valence-corrected chi connectivity index (χ2v) is 17.9. The highest BCUT2D eigenvalue weighted by molar-refractivity contribution is 7.19. The number of furan rings is 2. The molecular weight excluding hydrogens is 797 g/mol. The largest absolute Gasteiger partial charge is 0.459 e. The fourth-order valence-corrected chi connectivity index (χ4v) is 10.6. The minimum absolute atomic E-state index is 0.251. The van der Waals surface area contributed by atoms with E-state index in [9.17, 15) is 9.59 Å². The predicted octanol–water partition coefficient (Wildman–Crippen LogP) is 8.99. The van der Waals surface area contributed by atoms with E-state index in [1.54, 1.807) is 10.1 Å². The van der Waals surface area contributed by atoms with E-state index >= 15 is 0 Å². The molecule has 2 aliphatic rings. The molecule has 10 rings (SSSR count). The summed E-state index contributed by atoms with van der Waals surface area (Å²) in [5, 5.41) is 6.49. The fourth-order valence-electron chi connectivity index (χ4n) is 8.44. The van der Waals surface area contributed by atoms with Crippen molar-refractivity contribution >= 4 is 77.0 Å².